The number of hydrogen-bond donors (Lipinski definition) is 1. The van der Waals surface area contributed by atoms with E-state index in [9.17, 15) is 23.1 Å². The van der Waals surface area contributed by atoms with Crippen LogP contribution in [0.25, 0.3) is 0 Å². The number of alkyl halides is 3. The van der Waals surface area contributed by atoms with E-state index >= 15 is 0 Å². The summed E-state index contributed by atoms with van der Waals surface area (Å²) in [6.07, 6.45) is -0.939. The van der Waals surface area contributed by atoms with Crippen LogP contribution >= 0.6 is 0 Å². The van der Waals surface area contributed by atoms with Crippen molar-refractivity contribution in [3.8, 4) is 0 Å². The zero-order valence-corrected chi connectivity index (χ0v) is 16.0. The summed E-state index contributed by atoms with van der Waals surface area (Å²) in [4.78, 5) is 14.9. The van der Waals surface area contributed by atoms with Crippen LogP contribution in [0.3, 0.4) is 0 Å². The molecule has 3 nitrogen and oxygen atoms in total. The van der Waals surface area contributed by atoms with Gasteiger partial charge in [0.15, 0.2) is 0 Å². The molecule has 2 aliphatic rings. The van der Waals surface area contributed by atoms with E-state index in [4.69, 9.17) is 0 Å². The number of fused-ring (bicyclic) bond motifs is 1. The molecule has 0 radical (unpaired) electrons. The Morgan fingerprint density at radius 3 is 2.48 bits per heavy atom. The van der Waals surface area contributed by atoms with Crippen molar-refractivity contribution in [2.24, 2.45) is 5.92 Å². The maximum atomic E-state index is 13.2. The van der Waals surface area contributed by atoms with Gasteiger partial charge in [-0.15, -0.1) is 0 Å². The number of benzene rings is 2. The molecule has 29 heavy (non-hydrogen) atoms. The van der Waals surface area contributed by atoms with E-state index in [2.05, 4.69) is 0 Å². The summed E-state index contributed by atoms with van der Waals surface area (Å²) in [6, 6.07) is 13.9. The second-order valence-corrected chi connectivity index (χ2v) is 8.08. The minimum absolute atomic E-state index is 0.0754. The highest BCUT2D eigenvalue weighted by Gasteiger charge is 2.50. The first-order valence-corrected chi connectivity index (χ1v) is 10.1. The van der Waals surface area contributed by atoms with Gasteiger partial charge in [0.2, 0.25) is 0 Å². The SMILES string of the molecule is O=C(c1ccccc1)N1CCC(O)(c2cccc(C(F)(F)F)c2)[C@@H]2CCCC[C@H]21. The molecule has 1 aliphatic heterocycles. The highest BCUT2D eigenvalue weighted by molar-refractivity contribution is 5.94. The fraction of sp³-hybridized carbons (Fsp3) is 0.435. The van der Waals surface area contributed by atoms with Gasteiger partial charge >= 0.3 is 6.18 Å². The van der Waals surface area contributed by atoms with Crippen molar-refractivity contribution < 1.29 is 23.1 Å². The molecular formula is C23H24F3NO2. The molecule has 1 saturated carbocycles. The average molecular weight is 403 g/mol. The van der Waals surface area contributed by atoms with Crippen LogP contribution < -0.4 is 0 Å². The van der Waals surface area contributed by atoms with Crippen molar-refractivity contribution in [2.75, 3.05) is 6.54 Å². The maximum Gasteiger partial charge on any atom is 0.416 e. The van der Waals surface area contributed by atoms with E-state index in [1.165, 1.54) is 6.07 Å². The van der Waals surface area contributed by atoms with Gasteiger partial charge in [-0.25, -0.2) is 0 Å². The zero-order chi connectivity index (χ0) is 20.6. The third-order valence-corrected chi connectivity index (χ3v) is 6.45. The fourth-order valence-corrected chi connectivity index (χ4v) is 5.01. The van der Waals surface area contributed by atoms with Gasteiger partial charge in [-0.2, -0.15) is 13.2 Å². The van der Waals surface area contributed by atoms with Crippen LogP contribution in [0.1, 0.15) is 53.6 Å². The van der Waals surface area contributed by atoms with Gasteiger partial charge < -0.3 is 10.0 Å². The van der Waals surface area contributed by atoms with Crippen LogP contribution in [0.2, 0.25) is 0 Å². The third-order valence-electron chi connectivity index (χ3n) is 6.45. The van der Waals surface area contributed by atoms with Crippen molar-refractivity contribution in [1.29, 1.82) is 0 Å². The smallest absolute Gasteiger partial charge is 0.385 e. The molecule has 1 heterocycles. The standard InChI is InChI=1S/C23H24F3NO2/c24-23(25,26)18-10-6-9-17(15-18)22(29)13-14-27(20-12-5-4-11-19(20)22)21(28)16-7-2-1-3-8-16/h1-3,6-10,15,19-20,29H,4-5,11-14H2/t19-,20-,22?/m1/s1. The highest BCUT2D eigenvalue weighted by atomic mass is 19.4. The summed E-state index contributed by atoms with van der Waals surface area (Å²) in [5.41, 5.74) is -1.21. The van der Waals surface area contributed by atoms with Crippen molar-refractivity contribution in [1.82, 2.24) is 4.90 Å². The Kier molecular flexibility index (Phi) is 5.15. The number of piperidine rings is 1. The lowest BCUT2D eigenvalue weighted by Gasteiger charge is -2.52. The van der Waals surface area contributed by atoms with Gasteiger partial charge in [-0.05, 0) is 49.1 Å². The van der Waals surface area contributed by atoms with Crippen LogP contribution in [0.4, 0.5) is 13.2 Å². The quantitative estimate of drug-likeness (QED) is 0.767. The molecule has 0 spiro atoms. The average Bonchev–Trinajstić information content (AvgIpc) is 2.74. The number of amides is 1. The number of nitrogens with zero attached hydrogens (tertiary/aromatic N) is 1. The molecule has 2 aromatic carbocycles. The molecular weight excluding hydrogens is 379 g/mol. The van der Waals surface area contributed by atoms with Crippen molar-refractivity contribution in [3.63, 3.8) is 0 Å². The minimum Gasteiger partial charge on any atom is -0.385 e. The molecule has 1 unspecified atom stereocenters. The van der Waals surface area contributed by atoms with E-state index in [0.29, 0.717) is 24.1 Å². The molecule has 3 atom stereocenters. The summed E-state index contributed by atoms with van der Waals surface area (Å²) in [6.45, 7) is 0.321. The molecule has 4 rings (SSSR count). The molecule has 1 amide bonds. The van der Waals surface area contributed by atoms with Gasteiger partial charge in [-0.1, -0.05) is 43.2 Å². The first kappa shape index (κ1) is 20.0. The van der Waals surface area contributed by atoms with E-state index in [1.807, 2.05) is 23.1 Å². The molecule has 154 valence electrons. The Morgan fingerprint density at radius 2 is 1.76 bits per heavy atom. The summed E-state index contributed by atoms with van der Waals surface area (Å²) < 4.78 is 39.6. The molecule has 6 heteroatoms. The van der Waals surface area contributed by atoms with Crippen molar-refractivity contribution >= 4 is 5.91 Å². The van der Waals surface area contributed by atoms with Crippen LogP contribution in [0.5, 0.6) is 0 Å². The Labute approximate surface area is 168 Å². The molecule has 0 aromatic heterocycles. The molecule has 0 bridgehead atoms. The number of carbonyl (C=O) groups excluding carboxylic acids is 1. The molecule has 1 N–H and O–H groups in total. The van der Waals surface area contributed by atoms with Crippen LogP contribution in [-0.4, -0.2) is 28.5 Å². The number of likely N-dealkylation sites (tertiary alicyclic amines) is 1. The molecule has 1 saturated heterocycles. The second kappa shape index (κ2) is 7.48. The molecule has 1 aliphatic carbocycles. The largest absolute Gasteiger partial charge is 0.416 e. The van der Waals surface area contributed by atoms with E-state index in [0.717, 1.165) is 31.4 Å². The molecule has 2 aromatic rings. The number of rotatable bonds is 2. The van der Waals surface area contributed by atoms with E-state index < -0.39 is 17.3 Å². The summed E-state index contributed by atoms with van der Waals surface area (Å²) in [5.74, 6) is -0.352. The fourth-order valence-electron chi connectivity index (χ4n) is 5.01. The number of aliphatic hydroxyl groups is 1. The number of carbonyl (C=O) groups is 1. The summed E-state index contributed by atoms with van der Waals surface area (Å²) in [5, 5.41) is 11.6. The summed E-state index contributed by atoms with van der Waals surface area (Å²) >= 11 is 0. The lowest BCUT2D eigenvalue weighted by Crippen LogP contribution is -2.59. The Bertz CT molecular complexity index is 883. The predicted molar refractivity (Wildman–Crippen MR) is 103 cm³/mol. The van der Waals surface area contributed by atoms with Crippen LogP contribution in [0, 0.1) is 5.92 Å². The highest BCUT2D eigenvalue weighted by Crippen LogP contribution is 2.48. The van der Waals surface area contributed by atoms with Crippen LogP contribution in [0.15, 0.2) is 54.6 Å². The minimum atomic E-state index is -4.46. The zero-order valence-electron chi connectivity index (χ0n) is 16.0. The first-order valence-electron chi connectivity index (χ1n) is 10.1. The lowest BCUT2D eigenvalue weighted by atomic mass is 9.66. The van der Waals surface area contributed by atoms with Gasteiger partial charge in [0.1, 0.15) is 0 Å². The Morgan fingerprint density at radius 1 is 1.03 bits per heavy atom. The van der Waals surface area contributed by atoms with E-state index in [1.54, 1.807) is 18.2 Å². The maximum absolute atomic E-state index is 13.2. The first-order chi connectivity index (χ1) is 13.8. The van der Waals surface area contributed by atoms with Gasteiger partial charge in [0.25, 0.3) is 5.91 Å². The van der Waals surface area contributed by atoms with Crippen LogP contribution in [-0.2, 0) is 11.8 Å². The second-order valence-electron chi connectivity index (χ2n) is 8.08. The normalized spacial score (nSPS) is 27.4. The third kappa shape index (κ3) is 3.66. The summed E-state index contributed by atoms with van der Waals surface area (Å²) in [7, 11) is 0. The van der Waals surface area contributed by atoms with Crippen molar-refractivity contribution in [2.45, 2.75) is 49.9 Å². The topological polar surface area (TPSA) is 40.5 Å². The monoisotopic (exact) mass is 403 g/mol. The van der Waals surface area contributed by atoms with Crippen molar-refractivity contribution in [3.05, 3.63) is 71.3 Å². The Balaban J connectivity index is 1.67. The Hall–Kier alpha value is -2.34. The van der Waals surface area contributed by atoms with Gasteiger partial charge in [-0.3, -0.25) is 4.79 Å². The van der Waals surface area contributed by atoms with Gasteiger partial charge in [0, 0.05) is 24.1 Å². The number of halogens is 3. The predicted octanol–water partition coefficient (Wildman–Crippen LogP) is 5.00. The lowest BCUT2D eigenvalue weighted by molar-refractivity contribution is -0.138. The van der Waals surface area contributed by atoms with Gasteiger partial charge in [0.05, 0.1) is 11.2 Å². The van der Waals surface area contributed by atoms with E-state index in [-0.39, 0.29) is 24.3 Å². The molecule has 2 fully saturated rings. The number of hydrogen-bond acceptors (Lipinski definition) is 2.